The summed E-state index contributed by atoms with van der Waals surface area (Å²) in [6.07, 6.45) is 3.77. The molecular formula is C15H17N3O. The average molecular weight is 255 g/mol. The van der Waals surface area contributed by atoms with Crippen molar-refractivity contribution in [3.8, 4) is 0 Å². The highest BCUT2D eigenvalue weighted by Crippen LogP contribution is 2.30. The van der Waals surface area contributed by atoms with Gasteiger partial charge in [-0.3, -0.25) is 4.68 Å². The van der Waals surface area contributed by atoms with Crippen LogP contribution in [-0.4, -0.2) is 9.78 Å². The molecule has 0 radical (unpaired) electrons. The highest BCUT2D eigenvalue weighted by Gasteiger charge is 2.16. The molecule has 0 aliphatic carbocycles. The summed E-state index contributed by atoms with van der Waals surface area (Å²) in [5.41, 5.74) is 3.13. The molecule has 0 fully saturated rings. The maximum Gasteiger partial charge on any atom is 0.134 e. The Morgan fingerprint density at radius 1 is 1.32 bits per heavy atom. The molecule has 0 bridgehead atoms. The van der Waals surface area contributed by atoms with Crippen molar-refractivity contribution in [2.75, 3.05) is 5.32 Å². The smallest absolute Gasteiger partial charge is 0.134 e. The molecule has 0 saturated heterocycles. The normalized spacial score (nSPS) is 12.8. The third-order valence-electron chi connectivity index (χ3n) is 3.36. The molecule has 4 nitrogen and oxygen atoms in total. The molecular weight excluding hydrogens is 238 g/mol. The van der Waals surface area contributed by atoms with Crippen molar-refractivity contribution in [2.24, 2.45) is 7.05 Å². The van der Waals surface area contributed by atoms with Crippen LogP contribution in [0.4, 0.5) is 5.69 Å². The average Bonchev–Trinajstić information content (AvgIpc) is 2.94. The maximum atomic E-state index is 5.95. The number of aromatic nitrogens is 2. The Balaban J connectivity index is 1.93. The van der Waals surface area contributed by atoms with Crippen LogP contribution in [0, 0.1) is 6.92 Å². The molecule has 2 heterocycles. The minimum atomic E-state index is 0.108. The van der Waals surface area contributed by atoms with Gasteiger partial charge < -0.3 is 9.73 Å². The van der Waals surface area contributed by atoms with Crippen LogP contribution >= 0.6 is 0 Å². The van der Waals surface area contributed by atoms with E-state index < -0.39 is 0 Å². The molecule has 98 valence electrons. The number of furan rings is 1. The van der Waals surface area contributed by atoms with Gasteiger partial charge in [0.15, 0.2) is 0 Å². The predicted octanol–water partition coefficient (Wildman–Crippen LogP) is 3.65. The molecule has 0 aliphatic rings. The van der Waals surface area contributed by atoms with Crippen molar-refractivity contribution in [1.82, 2.24) is 9.78 Å². The lowest BCUT2D eigenvalue weighted by atomic mass is 10.1. The first-order valence-corrected chi connectivity index (χ1v) is 6.38. The maximum absolute atomic E-state index is 5.95. The molecule has 1 aromatic carbocycles. The van der Waals surface area contributed by atoms with Crippen LogP contribution < -0.4 is 5.32 Å². The van der Waals surface area contributed by atoms with Crippen molar-refractivity contribution >= 4 is 16.7 Å². The standard InChI is InChI=1S/C15H17N3O/c1-10-13-6-4-5-7-14(13)19-15(10)11(2)17-12-8-16-18(3)9-12/h4-9,11,17H,1-3H3. The van der Waals surface area contributed by atoms with Crippen LogP contribution in [0.25, 0.3) is 11.0 Å². The number of anilines is 1. The summed E-state index contributed by atoms with van der Waals surface area (Å²) in [5.74, 6) is 0.977. The highest BCUT2D eigenvalue weighted by molar-refractivity contribution is 5.82. The van der Waals surface area contributed by atoms with E-state index in [-0.39, 0.29) is 6.04 Å². The molecule has 0 saturated carbocycles. The first-order chi connectivity index (χ1) is 9.15. The second-order valence-corrected chi connectivity index (χ2v) is 4.86. The number of rotatable bonds is 3. The Bertz CT molecular complexity index is 711. The number of para-hydroxylation sites is 1. The van der Waals surface area contributed by atoms with Crippen LogP contribution in [0.2, 0.25) is 0 Å². The van der Waals surface area contributed by atoms with E-state index >= 15 is 0 Å². The van der Waals surface area contributed by atoms with Gasteiger partial charge in [-0.15, -0.1) is 0 Å². The minimum absolute atomic E-state index is 0.108. The zero-order valence-corrected chi connectivity index (χ0v) is 11.3. The summed E-state index contributed by atoms with van der Waals surface area (Å²) in [5, 5.41) is 8.73. The number of aryl methyl sites for hydroxylation is 2. The van der Waals surface area contributed by atoms with Crippen LogP contribution in [-0.2, 0) is 7.05 Å². The summed E-state index contributed by atoms with van der Waals surface area (Å²) < 4.78 is 7.73. The van der Waals surface area contributed by atoms with Crippen LogP contribution in [0.3, 0.4) is 0 Å². The van der Waals surface area contributed by atoms with Gasteiger partial charge in [0.1, 0.15) is 11.3 Å². The second-order valence-electron chi connectivity index (χ2n) is 4.86. The first-order valence-electron chi connectivity index (χ1n) is 6.38. The van der Waals surface area contributed by atoms with Gasteiger partial charge in [0.2, 0.25) is 0 Å². The van der Waals surface area contributed by atoms with Gasteiger partial charge in [0.05, 0.1) is 17.9 Å². The Morgan fingerprint density at radius 2 is 2.11 bits per heavy atom. The summed E-state index contributed by atoms with van der Waals surface area (Å²) in [6.45, 7) is 4.19. The van der Waals surface area contributed by atoms with Crippen LogP contribution in [0.1, 0.15) is 24.3 Å². The third-order valence-corrected chi connectivity index (χ3v) is 3.36. The van der Waals surface area contributed by atoms with E-state index in [1.807, 2.05) is 37.6 Å². The molecule has 0 aliphatic heterocycles. The Morgan fingerprint density at radius 3 is 2.79 bits per heavy atom. The number of hydrogen-bond donors (Lipinski definition) is 1. The molecule has 2 aromatic heterocycles. The number of hydrogen-bond acceptors (Lipinski definition) is 3. The van der Waals surface area contributed by atoms with E-state index in [2.05, 4.69) is 30.3 Å². The van der Waals surface area contributed by atoms with Crippen molar-refractivity contribution in [2.45, 2.75) is 19.9 Å². The number of fused-ring (bicyclic) bond motifs is 1. The summed E-state index contributed by atoms with van der Waals surface area (Å²) in [4.78, 5) is 0. The Kier molecular flexibility index (Phi) is 2.78. The summed E-state index contributed by atoms with van der Waals surface area (Å²) in [7, 11) is 1.91. The van der Waals surface area contributed by atoms with Crippen molar-refractivity contribution in [3.63, 3.8) is 0 Å². The molecule has 4 heteroatoms. The van der Waals surface area contributed by atoms with Gasteiger partial charge in [-0.1, -0.05) is 18.2 Å². The number of nitrogens with one attached hydrogen (secondary N) is 1. The van der Waals surface area contributed by atoms with Gasteiger partial charge >= 0.3 is 0 Å². The SMILES string of the molecule is Cc1c(C(C)Nc2cnn(C)c2)oc2ccccc12. The van der Waals surface area contributed by atoms with E-state index in [9.17, 15) is 0 Å². The van der Waals surface area contributed by atoms with E-state index in [1.165, 1.54) is 10.9 Å². The molecule has 3 aromatic rings. The highest BCUT2D eigenvalue weighted by atomic mass is 16.3. The van der Waals surface area contributed by atoms with E-state index in [4.69, 9.17) is 4.42 Å². The third kappa shape index (κ3) is 2.10. The fourth-order valence-electron chi connectivity index (χ4n) is 2.42. The first kappa shape index (κ1) is 11.8. The Labute approximate surface area is 112 Å². The molecule has 1 atom stereocenters. The van der Waals surface area contributed by atoms with Gasteiger partial charge in [-0.05, 0) is 19.9 Å². The van der Waals surface area contributed by atoms with E-state index in [1.54, 1.807) is 4.68 Å². The topological polar surface area (TPSA) is 43.0 Å². The van der Waals surface area contributed by atoms with Crippen molar-refractivity contribution in [1.29, 1.82) is 0 Å². The molecule has 1 unspecified atom stereocenters. The fraction of sp³-hybridized carbons (Fsp3) is 0.267. The predicted molar refractivity (Wildman–Crippen MR) is 76.2 cm³/mol. The van der Waals surface area contributed by atoms with Gasteiger partial charge in [0.25, 0.3) is 0 Å². The lowest BCUT2D eigenvalue weighted by Crippen LogP contribution is -2.06. The molecule has 3 rings (SSSR count). The molecule has 0 spiro atoms. The number of nitrogens with zero attached hydrogens (tertiary/aromatic N) is 2. The molecule has 19 heavy (non-hydrogen) atoms. The van der Waals surface area contributed by atoms with E-state index in [0.717, 1.165) is 17.0 Å². The number of benzene rings is 1. The fourth-order valence-corrected chi connectivity index (χ4v) is 2.42. The monoisotopic (exact) mass is 255 g/mol. The second kappa shape index (κ2) is 4.46. The zero-order chi connectivity index (χ0) is 13.4. The quantitative estimate of drug-likeness (QED) is 0.776. The Hall–Kier alpha value is -2.23. The lowest BCUT2D eigenvalue weighted by Gasteiger charge is -2.11. The summed E-state index contributed by atoms with van der Waals surface area (Å²) >= 11 is 0. The van der Waals surface area contributed by atoms with Crippen LogP contribution in [0.15, 0.2) is 41.1 Å². The van der Waals surface area contributed by atoms with E-state index in [0.29, 0.717) is 0 Å². The molecule has 1 N–H and O–H groups in total. The van der Waals surface area contributed by atoms with Gasteiger partial charge in [-0.2, -0.15) is 5.10 Å². The van der Waals surface area contributed by atoms with Gasteiger partial charge in [-0.25, -0.2) is 0 Å². The largest absolute Gasteiger partial charge is 0.459 e. The molecule has 0 amide bonds. The lowest BCUT2D eigenvalue weighted by molar-refractivity contribution is 0.522. The van der Waals surface area contributed by atoms with Crippen molar-refractivity contribution < 1.29 is 4.42 Å². The van der Waals surface area contributed by atoms with Crippen LogP contribution in [0.5, 0.6) is 0 Å². The van der Waals surface area contributed by atoms with Gasteiger partial charge in [0, 0.05) is 24.2 Å². The summed E-state index contributed by atoms with van der Waals surface area (Å²) in [6, 6.07) is 8.23. The van der Waals surface area contributed by atoms with Crippen molar-refractivity contribution in [3.05, 3.63) is 48.0 Å². The zero-order valence-electron chi connectivity index (χ0n) is 11.3. The minimum Gasteiger partial charge on any atom is -0.459 e.